The molecule has 5 nitrogen and oxygen atoms in total. The number of piperidine rings is 1. The number of hydrogen-bond acceptors (Lipinski definition) is 4. The van der Waals surface area contributed by atoms with E-state index in [-0.39, 0.29) is 0 Å². The number of hydrogen-bond donors (Lipinski definition) is 1. The number of rotatable bonds is 2. The average molecular weight is 243 g/mol. The van der Waals surface area contributed by atoms with E-state index in [1.807, 2.05) is 23.9 Å². The molecule has 1 aliphatic heterocycles. The van der Waals surface area contributed by atoms with Crippen LogP contribution in [0.3, 0.4) is 0 Å². The van der Waals surface area contributed by atoms with Crippen LogP contribution >= 0.6 is 0 Å². The summed E-state index contributed by atoms with van der Waals surface area (Å²) in [6.07, 6.45) is 9.67. The zero-order valence-corrected chi connectivity index (χ0v) is 10.5. The van der Waals surface area contributed by atoms with Crippen molar-refractivity contribution in [2.75, 3.05) is 13.1 Å². The van der Waals surface area contributed by atoms with Gasteiger partial charge in [-0.1, -0.05) is 0 Å². The van der Waals surface area contributed by atoms with E-state index < -0.39 is 0 Å². The summed E-state index contributed by atoms with van der Waals surface area (Å²) in [6.45, 7) is 4.11. The second-order valence-electron chi connectivity index (χ2n) is 4.67. The normalized spacial score (nSPS) is 16.9. The van der Waals surface area contributed by atoms with Gasteiger partial charge in [-0.3, -0.25) is 9.55 Å². The fourth-order valence-corrected chi connectivity index (χ4v) is 2.42. The first-order valence-corrected chi connectivity index (χ1v) is 6.37. The minimum atomic E-state index is 0.530. The maximum atomic E-state index is 4.73. The third-order valence-electron chi connectivity index (χ3n) is 3.47. The van der Waals surface area contributed by atoms with Crippen molar-refractivity contribution in [2.24, 2.45) is 0 Å². The molecule has 0 unspecified atom stereocenters. The summed E-state index contributed by atoms with van der Waals surface area (Å²) in [6, 6.07) is 0. The minimum absolute atomic E-state index is 0.530. The zero-order valence-electron chi connectivity index (χ0n) is 10.5. The highest BCUT2D eigenvalue weighted by molar-refractivity contribution is 5.23. The molecule has 0 radical (unpaired) electrons. The summed E-state index contributed by atoms with van der Waals surface area (Å²) < 4.78 is 1.97. The highest BCUT2D eigenvalue weighted by Gasteiger charge is 2.17. The SMILES string of the molecule is Cc1nccn1-c1cncc(C2CCNCC2)n1. The first kappa shape index (κ1) is 11.3. The number of aryl methyl sites for hydroxylation is 1. The molecule has 2 aromatic rings. The zero-order chi connectivity index (χ0) is 12.4. The predicted octanol–water partition coefficient (Wildman–Crippen LogP) is 1.44. The molecule has 0 spiro atoms. The molecule has 18 heavy (non-hydrogen) atoms. The Kier molecular flexibility index (Phi) is 3.06. The number of aromatic nitrogens is 4. The molecule has 3 heterocycles. The Bertz CT molecular complexity index is 528. The maximum Gasteiger partial charge on any atom is 0.156 e. The first-order valence-electron chi connectivity index (χ1n) is 6.37. The maximum absolute atomic E-state index is 4.73. The molecule has 0 amide bonds. The van der Waals surface area contributed by atoms with Crippen molar-refractivity contribution < 1.29 is 0 Å². The highest BCUT2D eigenvalue weighted by atomic mass is 15.1. The van der Waals surface area contributed by atoms with Crippen molar-refractivity contribution in [1.82, 2.24) is 24.8 Å². The third-order valence-corrected chi connectivity index (χ3v) is 3.47. The molecule has 5 heteroatoms. The Morgan fingerprint density at radius 1 is 1.28 bits per heavy atom. The van der Waals surface area contributed by atoms with Crippen molar-refractivity contribution >= 4 is 0 Å². The number of nitrogens with zero attached hydrogens (tertiary/aromatic N) is 4. The fourth-order valence-electron chi connectivity index (χ4n) is 2.42. The van der Waals surface area contributed by atoms with Crippen LogP contribution in [0.5, 0.6) is 0 Å². The van der Waals surface area contributed by atoms with Crippen LogP contribution in [-0.2, 0) is 0 Å². The van der Waals surface area contributed by atoms with Gasteiger partial charge >= 0.3 is 0 Å². The molecule has 1 fully saturated rings. The van der Waals surface area contributed by atoms with E-state index >= 15 is 0 Å². The summed E-state index contributed by atoms with van der Waals surface area (Å²) in [4.78, 5) is 13.3. The van der Waals surface area contributed by atoms with Crippen LogP contribution in [-0.4, -0.2) is 32.6 Å². The van der Waals surface area contributed by atoms with Crippen LogP contribution in [0.1, 0.15) is 30.3 Å². The molecule has 3 rings (SSSR count). The van der Waals surface area contributed by atoms with Gasteiger partial charge in [-0.05, 0) is 32.9 Å². The van der Waals surface area contributed by atoms with Crippen LogP contribution in [0.4, 0.5) is 0 Å². The van der Waals surface area contributed by atoms with Crippen molar-refractivity contribution in [2.45, 2.75) is 25.7 Å². The smallest absolute Gasteiger partial charge is 0.156 e. The summed E-state index contributed by atoms with van der Waals surface area (Å²) in [5, 5.41) is 3.37. The number of nitrogens with one attached hydrogen (secondary N) is 1. The quantitative estimate of drug-likeness (QED) is 0.867. The van der Waals surface area contributed by atoms with E-state index in [4.69, 9.17) is 4.98 Å². The molecular formula is C13H17N5. The van der Waals surface area contributed by atoms with E-state index in [1.165, 1.54) is 0 Å². The van der Waals surface area contributed by atoms with Gasteiger partial charge in [-0.25, -0.2) is 9.97 Å². The summed E-state index contributed by atoms with van der Waals surface area (Å²) in [5.74, 6) is 2.33. The Balaban J connectivity index is 1.91. The van der Waals surface area contributed by atoms with E-state index in [9.17, 15) is 0 Å². The van der Waals surface area contributed by atoms with Gasteiger partial charge in [0.05, 0.1) is 11.9 Å². The van der Waals surface area contributed by atoms with Crippen LogP contribution < -0.4 is 5.32 Å². The standard InChI is InChI=1S/C13H17N5/c1-10-16-6-7-18(10)13-9-15-8-12(17-13)11-2-4-14-5-3-11/h6-9,11,14H,2-5H2,1H3. The molecule has 1 saturated heterocycles. The van der Waals surface area contributed by atoms with Gasteiger partial charge in [0.15, 0.2) is 5.82 Å². The Labute approximate surface area is 106 Å². The summed E-state index contributed by atoms with van der Waals surface area (Å²) in [7, 11) is 0. The second kappa shape index (κ2) is 4.86. The number of imidazole rings is 1. The second-order valence-corrected chi connectivity index (χ2v) is 4.67. The molecule has 1 aliphatic rings. The lowest BCUT2D eigenvalue weighted by Gasteiger charge is -2.22. The molecule has 0 bridgehead atoms. The Hall–Kier alpha value is -1.75. The van der Waals surface area contributed by atoms with Crippen LogP contribution in [0, 0.1) is 6.92 Å². The van der Waals surface area contributed by atoms with Gasteiger partial charge < -0.3 is 5.32 Å². The molecule has 0 saturated carbocycles. The molecule has 94 valence electrons. The van der Waals surface area contributed by atoms with E-state index in [1.54, 1.807) is 12.4 Å². The van der Waals surface area contributed by atoms with Gasteiger partial charge in [0.1, 0.15) is 5.82 Å². The topological polar surface area (TPSA) is 55.6 Å². The van der Waals surface area contributed by atoms with Gasteiger partial charge in [0.25, 0.3) is 0 Å². The molecule has 0 aromatic carbocycles. The largest absolute Gasteiger partial charge is 0.317 e. The van der Waals surface area contributed by atoms with E-state index in [0.29, 0.717) is 5.92 Å². The molecule has 0 aliphatic carbocycles. The Morgan fingerprint density at radius 2 is 2.11 bits per heavy atom. The minimum Gasteiger partial charge on any atom is -0.317 e. The fraction of sp³-hybridized carbons (Fsp3) is 0.462. The summed E-state index contributed by atoms with van der Waals surface area (Å²) >= 11 is 0. The van der Waals surface area contributed by atoms with Crippen molar-refractivity contribution in [1.29, 1.82) is 0 Å². The van der Waals surface area contributed by atoms with Crippen molar-refractivity contribution in [3.05, 3.63) is 36.3 Å². The van der Waals surface area contributed by atoms with Crippen LogP contribution in [0.25, 0.3) is 5.82 Å². The van der Waals surface area contributed by atoms with Crippen LogP contribution in [0.2, 0.25) is 0 Å². The van der Waals surface area contributed by atoms with Gasteiger partial charge in [0, 0.05) is 24.5 Å². The van der Waals surface area contributed by atoms with Crippen molar-refractivity contribution in [3.63, 3.8) is 0 Å². The average Bonchev–Trinajstić information content (AvgIpc) is 2.86. The third kappa shape index (κ3) is 2.13. The van der Waals surface area contributed by atoms with Crippen LogP contribution in [0.15, 0.2) is 24.8 Å². The van der Waals surface area contributed by atoms with Gasteiger partial charge in [-0.15, -0.1) is 0 Å². The Morgan fingerprint density at radius 3 is 2.83 bits per heavy atom. The monoisotopic (exact) mass is 243 g/mol. The molecule has 0 atom stereocenters. The molecule has 2 aromatic heterocycles. The van der Waals surface area contributed by atoms with Gasteiger partial charge in [-0.2, -0.15) is 0 Å². The van der Waals surface area contributed by atoms with E-state index in [0.717, 1.165) is 43.3 Å². The first-order chi connectivity index (χ1) is 8.84. The predicted molar refractivity (Wildman–Crippen MR) is 68.7 cm³/mol. The van der Waals surface area contributed by atoms with Gasteiger partial charge in [0.2, 0.25) is 0 Å². The van der Waals surface area contributed by atoms with E-state index in [2.05, 4.69) is 15.3 Å². The molecular weight excluding hydrogens is 226 g/mol. The lowest BCUT2D eigenvalue weighted by atomic mass is 9.95. The lowest BCUT2D eigenvalue weighted by Crippen LogP contribution is -2.27. The summed E-state index contributed by atoms with van der Waals surface area (Å²) in [5.41, 5.74) is 1.10. The lowest BCUT2D eigenvalue weighted by molar-refractivity contribution is 0.452. The highest BCUT2D eigenvalue weighted by Crippen LogP contribution is 2.23. The molecule has 1 N–H and O–H groups in total. The van der Waals surface area contributed by atoms with Crippen molar-refractivity contribution in [3.8, 4) is 5.82 Å².